The number of nitrogens with one attached hydrogen (secondary N) is 2. The van der Waals surface area contributed by atoms with Crippen LogP contribution in [0.1, 0.15) is 20.3 Å². The smallest absolute Gasteiger partial charge is 0.315 e. The van der Waals surface area contributed by atoms with E-state index in [4.69, 9.17) is 0 Å². The number of hydrogen-bond acceptors (Lipinski definition) is 2. The first-order chi connectivity index (χ1) is 5.95. The summed E-state index contributed by atoms with van der Waals surface area (Å²) in [5, 5.41) is 5.44. The standard InChI is InChI=1S/C8H17F3N2/c1-3-4-12-5-7(2)13-6-8(9,10)11/h7,12-13H,3-6H2,1-2H3. The molecule has 0 fully saturated rings. The van der Waals surface area contributed by atoms with Gasteiger partial charge in [-0.05, 0) is 19.9 Å². The van der Waals surface area contributed by atoms with Crippen LogP contribution < -0.4 is 10.6 Å². The molecule has 0 amide bonds. The fraction of sp³-hybridized carbons (Fsp3) is 1.00. The van der Waals surface area contributed by atoms with E-state index in [1.807, 2.05) is 6.92 Å². The summed E-state index contributed by atoms with van der Waals surface area (Å²) in [6, 6.07) is -0.145. The summed E-state index contributed by atoms with van der Waals surface area (Å²) < 4.78 is 35.2. The van der Waals surface area contributed by atoms with Gasteiger partial charge in [0.25, 0.3) is 0 Å². The van der Waals surface area contributed by atoms with Crippen molar-refractivity contribution in [1.82, 2.24) is 10.6 Å². The summed E-state index contributed by atoms with van der Waals surface area (Å²) in [5.41, 5.74) is 0. The third-order valence-corrected chi connectivity index (χ3v) is 1.53. The van der Waals surface area contributed by atoms with Crippen LogP contribution in [-0.4, -0.2) is 31.9 Å². The number of alkyl halides is 3. The molecule has 0 rings (SSSR count). The molecule has 0 saturated heterocycles. The highest BCUT2D eigenvalue weighted by Crippen LogP contribution is 2.12. The molecule has 5 heteroatoms. The molecule has 0 aliphatic carbocycles. The third-order valence-electron chi connectivity index (χ3n) is 1.53. The molecule has 13 heavy (non-hydrogen) atoms. The average molecular weight is 198 g/mol. The second kappa shape index (κ2) is 6.21. The van der Waals surface area contributed by atoms with Crippen LogP contribution in [0.3, 0.4) is 0 Å². The minimum Gasteiger partial charge on any atom is -0.315 e. The monoisotopic (exact) mass is 198 g/mol. The Kier molecular flexibility index (Phi) is 6.07. The zero-order valence-corrected chi connectivity index (χ0v) is 8.04. The van der Waals surface area contributed by atoms with Crippen molar-refractivity contribution in [3.63, 3.8) is 0 Å². The quantitative estimate of drug-likeness (QED) is 0.632. The van der Waals surface area contributed by atoms with Gasteiger partial charge in [0, 0.05) is 12.6 Å². The summed E-state index contributed by atoms with van der Waals surface area (Å²) >= 11 is 0. The summed E-state index contributed by atoms with van der Waals surface area (Å²) in [6.45, 7) is 4.25. The Balaban J connectivity index is 3.35. The van der Waals surface area contributed by atoms with Crippen LogP contribution in [-0.2, 0) is 0 Å². The predicted octanol–water partition coefficient (Wildman–Crippen LogP) is 1.53. The van der Waals surface area contributed by atoms with Crippen LogP contribution in [0.5, 0.6) is 0 Å². The van der Waals surface area contributed by atoms with Gasteiger partial charge in [0.05, 0.1) is 6.54 Å². The molecule has 2 N–H and O–H groups in total. The Bertz CT molecular complexity index is 125. The topological polar surface area (TPSA) is 24.1 Å². The van der Waals surface area contributed by atoms with E-state index in [0.29, 0.717) is 6.54 Å². The van der Waals surface area contributed by atoms with Crippen molar-refractivity contribution in [3.05, 3.63) is 0 Å². The lowest BCUT2D eigenvalue weighted by Gasteiger charge is -2.15. The summed E-state index contributed by atoms with van der Waals surface area (Å²) in [4.78, 5) is 0. The van der Waals surface area contributed by atoms with Gasteiger partial charge in [-0.1, -0.05) is 6.92 Å². The van der Waals surface area contributed by atoms with Gasteiger partial charge < -0.3 is 10.6 Å². The lowest BCUT2D eigenvalue weighted by atomic mass is 10.3. The molecule has 0 aliphatic rings. The van der Waals surface area contributed by atoms with Crippen LogP contribution in [0.4, 0.5) is 13.2 Å². The molecule has 0 bridgehead atoms. The molecule has 1 atom stereocenters. The fourth-order valence-electron chi connectivity index (χ4n) is 0.857. The van der Waals surface area contributed by atoms with E-state index in [2.05, 4.69) is 10.6 Å². The predicted molar refractivity (Wildman–Crippen MR) is 46.7 cm³/mol. The van der Waals surface area contributed by atoms with Gasteiger partial charge in [-0.15, -0.1) is 0 Å². The molecule has 0 aromatic carbocycles. The second-order valence-corrected chi connectivity index (χ2v) is 3.10. The second-order valence-electron chi connectivity index (χ2n) is 3.10. The van der Waals surface area contributed by atoms with Gasteiger partial charge in [-0.2, -0.15) is 13.2 Å². The Morgan fingerprint density at radius 2 is 1.92 bits per heavy atom. The van der Waals surface area contributed by atoms with Gasteiger partial charge in [0.1, 0.15) is 0 Å². The summed E-state index contributed by atoms with van der Waals surface area (Å²) in [6.07, 6.45) is -3.12. The minimum atomic E-state index is -4.11. The first kappa shape index (κ1) is 12.7. The molecule has 80 valence electrons. The van der Waals surface area contributed by atoms with E-state index in [9.17, 15) is 13.2 Å². The van der Waals surface area contributed by atoms with E-state index in [-0.39, 0.29) is 6.04 Å². The van der Waals surface area contributed by atoms with E-state index >= 15 is 0 Å². The molecule has 0 saturated carbocycles. The van der Waals surface area contributed by atoms with Crippen LogP contribution in [0.15, 0.2) is 0 Å². The van der Waals surface area contributed by atoms with E-state index in [1.165, 1.54) is 0 Å². The minimum absolute atomic E-state index is 0.145. The zero-order chi connectivity index (χ0) is 10.3. The maximum Gasteiger partial charge on any atom is 0.401 e. The zero-order valence-electron chi connectivity index (χ0n) is 8.04. The molecule has 2 nitrogen and oxygen atoms in total. The van der Waals surface area contributed by atoms with Crippen molar-refractivity contribution in [3.8, 4) is 0 Å². The van der Waals surface area contributed by atoms with Crippen molar-refractivity contribution in [2.45, 2.75) is 32.5 Å². The molecule has 0 aliphatic heterocycles. The molecular weight excluding hydrogens is 181 g/mol. The largest absolute Gasteiger partial charge is 0.401 e. The van der Waals surface area contributed by atoms with Crippen LogP contribution >= 0.6 is 0 Å². The van der Waals surface area contributed by atoms with E-state index in [0.717, 1.165) is 13.0 Å². The van der Waals surface area contributed by atoms with Crippen molar-refractivity contribution in [2.75, 3.05) is 19.6 Å². The lowest BCUT2D eigenvalue weighted by Crippen LogP contribution is -2.41. The number of hydrogen-bond donors (Lipinski definition) is 2. The lowest BCUT2D eigenvalue weighted by molar-refractivity contribution is -0.125. The maximum absolute atomic E-state index is 11.7. The van der Waals surface area contributed by atoms with E-state index in [1.54, 1.807) is 6.92 Å². The molecule has 0 aromatic heterocycles. The van der Waals surface area contributed by atoms with Crippen LogP contribution in [0, 0.1) is 0 Å². The number of halogens is 3. The summed E-state index contributed by atoms with van der Waals surface area (Å²) in [5.74, 6) is 0. The Labute approximate surface area is 76.9 Å². The SMILES string of the molecule is CCCNCC(C)NCC(F)(F)F. The molecule has 0 aromatic rings. The van der Waals surface area contributed by atoms with E-state index < -0.39 is 12.7 Å². The van der Waals surface area contributed by atoms with Gasteiger partial charge in [0.15, 0.2) is 0 Å². The fourth-order valence-corrected chi connectivity index (χ4v) is 0.857. The maximum atomic E-state index is 11.7. The average Bonchev–Trinajstić information content (AvgIpc) is 2.00. The molecule has 1 unspecified atom stereocenters. The van der Waals surface area contributed by atoms with Gasteiger partial charge in [-0.3, -0.25) is 0 Å². The Morgan fingerprint density at radius 1 is 1.31 bits per heavy atom. The van der Waals surface area contributed by atoms with Gasteiger partial charge in [0.2, 0.25) is 0 Å². The Hall–Kier alpha value is -0.290. The van der Waals surface area contributed by atoms with Crippen LogP contribution in [0.25, 0.3) is 0 Å². The third kappa shape index (κ3) is 9.63. The molecule has 0 spiro atoms. The molecule has 0 heterocycles. The summed E-state index contributed by atoms with van der Waals surface area (Å²) in [7, 11) is 0. The van der Waals surface area contributed by atoms with Crippen molar-refractivity contribution >= 4 is 0 Å². The molecule has 0 radical (unpaired) electrons. The molecular formula is C8H17F3N2. The van der Waals surface area contributed by atoms with Crippen molar-refractivity contribution in [1.29, 1.82) is 0 Å². The Morgan fingerprint density at radius 3 is 2.38 bits per heavy atom. The van der Waals surface area contributed by atoms with Crippen molar-refractivity contribution in [2.24, 2.45) is 0 Å². The van der Waals surface area contributed by atoms with Gasteiger partial charge >= 0.3 is 6.18 Å². The highest BCUT2D eigenvalue weighted by atomic mass is 19.4. The first-order valence-electron chi connectivity index (χ1n) is 4.46. The highest BCUT2D eigenvalue weighted by Gasteiger charge is 2.26. The number of rotatable bonds is 6. The van der Waals surface area contributed by atoms with Crippen molar-refractivity contribution < 1.29 is 13.2 Å². The van der Waals surface area contributed by atoms with Gasteiger partial charge in [-0.25, -0.2) is 0 Å². The highest BCUT2D eigenvalue weighted by molar-refractivity contribution is 4.66. The first-order valence-corrected chi connectivity index (χ1v) is 4.46. The van der Waals surface area contributed by atoms with Crippen LogP contribution in [0.2, 0.25) is 0 Å². The normalized spacial score (nSPS) is 14.5.